The average molecular weight is 307 g/mol. The van der Waals surface area contributed by atoms with Crippen LogP contribution in [0.4, 0.5) is 5.69 Å². The van der Waals surface area contributed by atoms with E-state index in [-0.39, 0.29) is 5.84 Å². The molecule has 1 aliphatic carbocycles. The highest BCUT2D eigenvalue weighted by Crippen LogP contribution is 2.34. The average Bonchev–Trinajstić information content (AvgIpc) is 3.02. The van der Waals surface area contributed by atoms with Gasteiger partial charge in [-0.3, -0.25) is 0 Å². The molecule has 0 saturated heterocycles. The van der Waals surface area contributed by atoms with E-state index in [1.165, 1.54) is 25.7 Å². The van der Waals surface area contributed by atoms with E-state index in [0.29, 0.717) is 6.04 Å². The zero-order valence-electron chi connectivity index (χ0n) is 12.9. The van der Waals surface area contributed by atoms with E-state index >= 15 is 0 Å². The van der Waals surface area contributed by atoms with Crippen molar-refractivity contribution in [3.8, 4) is 0 Å². The van der Waals surface area contributed by atoms with Gasteiger partial charge in [0.15, 0.2) is 5.84 Å². The second-order valence-electron chi connectivity index (χ2n) is 5.29. The Bertz CT molecular complexity index is 498. The van der Waals surface area contributed by atoms with Gasteiger partial charge in [-0.2, -0.15) is 0 Å². The maximum atomic E-state index is 9.16. The van der Waals surface area contributed by atoms with Gasteiger partial charge in [-0.25, -0.2) is 0 Å². The molecule has 4 nitrogen and oxygen atoms in total. The predicted octanol–water partition coefficient (Wildman–Crippen LogP) is 3.66. The van der Waals surface area contributed by atoms with Gasteiger partial charge in [0.25, 0.3) is 0 Å². The number of oxime groups is 1. The van der Waals surface area contributed by atoms with Crippen LogP contribution in [0.2, 0.25) is 0 Å². The molecule has 1 aliphatic rings. The second kappa shape index (κ2) is 7.59. The minimum absolute atomic E-state index is 0.206. The van der Waals surface area contributed by atoms with E-state index < -0.39 is 0 Å². The van der Waals surface area contributed by atoms with Crippen molar-refractivity contribution in [3.05, 3.63) is 23.8 Å². The van der Waals surface area contributed by atoms with Crippen molar-refractivity contribution in [2.75, 3.05) is 17.2 Å². The number of benzene rings is 1. The highest BCUT2D eigenvalue weighted by Gasteiger charge is 2.25. The van der Waals surface area contributed by atoms with Crippen LogP contribution in [0.1, 0.15) is 45.1 Å². The lowest BCUT2D eigenvalue weighted by Crippen LogP contribution is -2.35. The fourth-order valence-corrected chi connectivity index (χ4v) is 4.02. The van der Waals surface area contributed by atoms with Gasteiger partial charge in [0, 0.05) is 23.2 Å². The van der Waals surface area contributed by atoms with Crippen molar-refractivity contribution < 1.29 is 5.21 Å². The van der Waals surface area contributed by atoms with Crippen LogP contribution >= 0.6 is 11.8 Å². The molecule has 0 aliphatic heterocycles. The molecule has 5 heteroatoms. The Morgan fingerprint density at radius 3 is 2.67 bits per heavy atom. The molecule has 0 amide bonds. The van der Waals surface area contributed by atoms with Crippen LogP contribution in [0.25, 0.3) is 0 Å². The summed E-state index contributed by atoms with van der Waals surface area (Å²) in [5.74, 6) is 1.17. The molecule has 1 aromatic rings. The van der Waals surface area contributed by atoms with Gasteiger partial charge in [0.2, 0.25) is 0 Å². The standard InChI is InChI=1S/C16H25N3OS/c1-3-19(12-8-5-6-9-12)13-10-7-11-14(21-4-2)15(13)16(17)18-20/h7,10-12,20H,3-6,8-9H2,1-2H3,(H2,17,18). The quantitative estimate of drug-likeness (QED) is 0.277. The molecule has 1 aromatic carbocycles. The Kier molecular flexibility index (Phi) is 5.79. The first kappa shape index (κ1) is 16.0. The first-order valence-corrected chi connectivity index (χ1v) is 8.71. The smallest absolute Gasteiger partial charge is 0.173 e. The molecule has 1 saturated carbocycles. The van der Waals surface area contributed by atoms with Crippen molar-refractivity contribution in [3.63, 3.8) is 0 Å². The van der Waals surface area contributed by atoms with Crippen molar-refractivity contribution >= 4 is 23.3 Å². The summed E-state index contributed by atoms with van der Waals surface area (Å²) < 4.78 is 0. The maximum absolute atomic E-state index is 9.16. The van der Waals surface area contributed by atoms with Gasteiger partial charge in [-0.15, -0.1) is 11.8 Å². The number of hydrogen-bond donors (Lipinski definition) is 2. The molecule has 2 rings (SSSR count). The summed E-state index contributed by atoms with van der Waals surface area (Å²) in [4.78, 5) is 3.50. The Labute approximate surface area is 131 Å². The summed E-state index contributed by atoms with van der Waals surface area (Å²) in [6.07, 6.45) is 5.05. The van der Waals surface area contributed by atoms with Gasteiger partial charge in [-0.05, 0) is 37.7 Å². The summed E-state index contributed by atoms with van der Waals surface area (Å²) in [6, 6.07) is 6.78. The SMILES string of the molecule is CCSc1cccc(N(CC)C2CCCC2)c1/C(N)=N/O. The topological polar surface area (TPSA) is 61.8 Å². The number of nitrogens with zero attached hydrogens (tertiary/aromatic N) is 2. The number of hydrogen-bond acceptors (Lipinski definition) is 4. The van der Waals surface area contributed by atoms with Crippen LogP contribution in [0.15, 0.2) is 28.3 Å². The number of rotatable bonds is 6. The Morgan fingerprint density at radius 1 is 1.38 bits per heavy atom. The fraction of sp³-hybridized carbons (Fsp3) is 0.562. The molecule has 0 unspecified atom stereocenters. The highest BCUT2D eigenvalue weighted by molar-refractivity contribution is 7.99. The Morgan fingerprint density at radius 2 is 2.10 bits per heavy atom. The van der Waals surface area contributed by atoms with E-state index in [4.69, 9.17) is 10.9 Å². The maximum Gasteiger partial charge on any atom is 0.173 e. The summed E-state index contributed by atoms with van der Waals surface area (Å²) >= 11 is 1.73. The lowest BCUT2D eigenvalue weighted by atomic mass is 10.1. The van der Waals surface area contributed by atoms with Crippen LogP contribution in [-0.4, -0.2) is 29.4 Å². The summed E-state index contributed by atoms with van der Waals surface area (Å²) in [5.41, 5.74) is 7.95. The van der Waals surface area contributed by atoms with Gasteiger partial charge >= 0.3 is 0 Å². The third-order valence-electron chi connectivity index (χ3n) is 4.08. The van der Waals surface area contributed by atoms with Crippen molar-refractivity contribution in [2.45, 2.75) is 50.5 Å². The van der Waals surface area contributed by atoms with Crippen molar-refractivity contribution in [1.29, 1.82) is 0 Å². The lowest BCUT2D eigenvalue weighted by molar-refractivity contribution is 0.318. The largest absolute Gasteiger partial charge is 0.409 e. The van der Waals surface area contributed by atoms with Gasteiger partial charge in [0.05, 0.1) is 5.56 Å². The van der Waals surface area contributed by atoms with Gasteiger partial charge < -0.3 is 15.8 Å². The van der Waals surface area contributed by atoms with E-state index in [0.717, 1.165) is 28.4 Å². The molecule has 0 heterocycles. The van der Waals surface area contributed by atoms with E-state index in [1.807, 2.05) is 6.07 Å². The summed E-state index contributed by atoms with van der Waals surface area (Å²) in [6.45, 7) is 5.23. The molecular weight excluding hydrogens is 282 g/mol. The Hall–Kier alpha value is -1.36. The van der Waals surface area contributed by atoms with Crippen LogP contribution < -0.4 is 10.6 Å². The molecule has 0 radical (unpaired) electrons. The summed E-state index contributed by atoms with van der Waals surface area (Å²) in [7, 11) is 0. The first-order valence-electron chi connectivity index (χ1n) is 7.73. The van der Waals surface area contributed by atoms with Crippen LogP contribution in [0.3, 0.4) is 0 Å². The molecule has 116 valence electrons. The van der Waals surface area contributed by atoms with E-state index in [1.54, 1.807) is 11.8 Å². The first-order chi connectivity index (χ1) is 10.2. The minimum atomic E-state index is 0.206. The number of amidine groups is 1. The Balaban J connectivity index is 2.47. The van der Waals surface area contributed by atoms with E-state index in [9.17, 15) is 0 Å². The van der Waals surface area contributed by atoms with Crippen LogP contribution in [-0.2, 0) is 0 Å². The third-order valence-corrected chi connectivity index (χ3v) is 5.02. The normalized spacial score (nSPS) is 16.4. The zero-order valence-corrected chi connectivity index (χ0v) is 13.7. The molecule has 1 fully saturated rings. The van der Waals surface area contributed by atoms with Crippen molar-refractivity contribution in [1.82, 2.24) is 0 Å². The third kappa shape index (κ3) is 3.46. The van der Waals surface area contributed by atoms with Crippen molar-refractivity contribution in [2.24, 2.45) is 10.9 Å². The molecule has 0 aromatic heterocycles. The second-order valence-corrected chi connectivity index (χ2v) is 6.60. The fourth-order valence-electron chi connectivity index (χ4n) is 3.18. The monoisotopic (exact) mass is 307 g/mol. The van der Waals surface area contributed by atoms with Crippen LogP contribution in [0.5, 0.6) is 0 Å². The molecule has 3 N–H and O–H groups in total. The van der Waals surface area contributed by atoms with Gasteiger partial charge in [-0.1, -0.05) is 31.0 Å². The van der Waals surface area contributed by atoms with Gasteiger partial charge in [0.1, 0.15) is 0 Å². The summed E-state index contributed by atoms with van der Waals surface area (Å²) in [5, 5.41) is 12.4. The molecule has 0 spiro atoms. The minimum Gasteiger partial charge on any atom is -0.409 e. The molecule has 0 atom stereocenters. The molecule has 0 bridgehead atoms. The molecule has 21 heavy (non-hydrogen) atoms. The molecular formula is C16H25N3OS. The zero-order chi connectivity index (χ0) is 15.2. The number of anilines is 1. The predicted molar refractivity (Wildman–Crippen MR) is 90.6 cm³/mol. The van der Waals surface area contributed by atoms with E-state index in [2.05, 4.69) is 36.0 Å². The lowest BCUT2D eigenvalue weighted by Gasteiger charge is -2.32. The highest BCUT2D eigenvalue weighted by atomic mass is 32.2. The number of thioether (sulfide) groups is 1. The van der Waals surface area contributed by atoms with Crippen LogP contribution in [0, 0.1) is 0 Å². The number of nitrogens with two attached hydrogens (primary N) is 1.